The molecule has 108 valence electrons. The Balaban J connectivity index is 1.92. The Bertz CT molecular complexity index is 573. The Kier molecular flexibility index (Phi) is 3.92. The van der Waals surface area contributed by atoms with Crippen molar-refractivity contribution in [3.8, 4) is 0 Å². The van der Waals surface area contributed by atoms with E-state index < -0.39 is 12.0 Å². The van der Waals surface area contributed by atoms with Crippen LogP contribution in [0.4, 0.5) is 0 Å². The van der Waals surface area contributed by atoms with Crippen molar-refractivity contribution in [2.75, 3.05) is 5.75 Å². The molecule has 2 unspecified atom stereocenters. The molecule has 1 aliphatic carbocycles. The number of hydrogen-bond donors (Lipinski definition) is 1. The minimum absolute atomic E-state index is 0.0571. The maximum absolute atomic E-state index is 12.7. The van der Waals surface area contributed by atoms with Gasteiger partial charge in [0.25, 0.3) is 5.91 Å². The second-order valence-electron chi connectivity index (χ2n) is 4.87. The van der Waals surface area contributed by atoms with Gasteiger partial charge in [-0.2, -0.15) is 0 Å². The van der Waals surface area contributed by atoms with Crippen molar-refractivity contribution in [1.29, 1.82) is 0 Å². The molecule has 2 heterocycles. The van der Waals surface area contributed by atoms with Gasteiger partial charge in [0.2, 0.25) is 0 Å². The molecule has 0 spiro atoms. The number of carbonyl (C=O) groups is 2. The Hall–Kier alpha value is -0.430. The third kappa shape index (κ3) is 2.54. The third-order valence-electron chi connectivity index (χ3n) is 3.47. The van der Waals surface area contributed by atoms with Gasteiger partial charge in [0.1, 0.15) is 10.4 Å². The highest BCUT2D eigenvalue weighted by Crippen LogP contribution is 2.46. The average Bonchev–Trinajstić information content (AvgIpc) is 3.03. The summed E-state index contributed by atoms with van der Waals surface area (Å²) in [6.07, 6.45) is 2.10. The molecule has 1 aromatic rings. The minimum Gasteiger partial charge on any atom is -0.480 e. The number of amides is 1. The van der Waals surface area contributed by atoms with E-state index in [1.54, 1.807) is 11.8 Å². The predicted octanol–water partition coefficient (Wildman–Crippen LogP) is 3.43. The monoisotopic (exact) mass is 351 g/mol. The predicted molar refractivity (Wildman–Crippen MR) is 80.9 cm³/mol. The van der Waals surface area contributed by atoms with Gasteiger partial charge < -0.3 is 10.0 Å². The lowest BCUT2D eigenvalue weighted by molar-refractivity contribution is -0.141. The molecule has 0 bridgehead atoms. The van der Waals surface area contributed by atoms with E-state index in [0.717, 1.165) is 24.2 Å². The van der Waals surface area contributed by atoms with Crippen molar-refractivity contribution in [1.82, 2.24) is 4.90 Å². The number of hydrogen-bond acceptors (Lipinski definition) is 4. The Morgan fingerprint density at radius 1 is 1.35 bits per heavy atom. The summed E-state index contributed by atoms with van der Waals surface area (Å²) >= 11 is 14.6. The van der Waals surface area contributed by atoms with Crippen molar-refractivity contribution in [3.63, 3.8) is 0 Å². The maximum atomic E-state index is 12.7. The van der Waals surface area contributed by atoms with Crippen LogP contribution in [-0.4, -0.2) is 39.1 Å². The highest BCUT2D eigenvalue weighted by molar-refractivity contribution is 8.00. The summed E-state index contributed by atoms with van der Waals surface area (Å²) in [5.41, 5.74) is 0.307. The summed E-state index contributed by atoms with van der Waals surface area (Å²) in [6.45, 7) is 0. The first-order valence-corrected chi connectivity index (χ1v) is 8.73. The van der Waals surface area contributed by atoms with Crippen molar-refractivity contribution in [2.45, 2.75) is 24.3 Å². The van der Waals surface area contributed by atoms with Crippen LogP contribution in [0.15, 0.2) is 6.07 Å². The Morgan fingerprint density at radius 3 is 2.55 bits per heavy atom. The van der Waals surface area contributed by atoms with E-state index in [4.69, 9.17) is 23.2 Å². The van der Waals surface area contributed by atoms with Crippen LogP contribution in [0.3, 0.4) is 0 Å². The molecule has 3 rings (SSSR count). The smallest absolute Gasteiger partial charge is 0.327 e. The molecule has 1 N–H and O–H groups in total. The van der Waals surface area contributed by atoms with Crippen LogP contribution in [0, 0.1) is 5.92 Å². The number of halogens is 2. The molecule has 1 aliphatic heterocycles. The zero-order chi connectivity index (χ0) is 14.4. The highest BCUT2D eigenvalue weighted by Gasteiger charge is 2.48. The van der Waals surface area contributed by atoms with Crippen LogP contribution in [0.1, 0.15) is 23.2 Å². The van der Waals surface area contributed by atoms with Crippen molar-refractivity contribution < 1.29 is 14.7 Å². The molecule has 8 heteroatoms. The van der Waals surface area contributed by atoms with E-state index in [-0.39, 0.29) is 11.3 Å². The summed E-state index contributed by atoms with van der Waals surface area (Å²) in [7, 11) is 0. The zero-order valence-electron chi connectivity index (χ0n) is 10.2. The Morgan fingerprint density at radius 2 is 2.05 bits per heavy atom. The number of thiophene rings is 1. The standard InChI is InChI=1S/C12H11Cl2NO3S2/c13-8-3-6(9(14)20-8)10(16)15-7(12(17)18)4-19-11(15)5-1-2-5/h3,5,7,11H,1-2,4H2,(H,17,18). The van der Waals surface area contributed by atoms with Gasteiger partial charge in [0.05, 0.1) is 15.3 Å². The maximum Gasteiger partial charge on any atom is 0.327 e. The quantitative estimate of drug-likeness (QED) is 0.906. The number of aliphatic carboxylic acids is 1. The minimum atomic E-state index is -0.966. The van der Waals surface area contributed by atoms with E-state index in [1.807, 2.05) is 0 Å². The summed E-state index contributed by atoms with van der Waals surface area (Å²) in [6, 6.07) is 0.732. The fraction of sp³-hybridized carbons (Fsp3) is 0.500. The lowest BCUT2D eigenvalue weighted by atomic mass is 10.2. The van der Waals surface area contributed by atoms with Crippen LogP contribution in [0.2, 0.25) is 8.67 Å². The number of carboxylic acids is 1. The fourth-order valence-corrected chi connectivity index (χ4v) is 5.42. The number of carboxylic acid groups (broad SMARTS) is 1. The second kappa shape index (κ2) is 5.40. The summed E-state index contributed by atoms with van der Waals surface area (Å²) in [5.74, 6) is -0.461. The molecule has 1 saturated carbocycles. The van der Waals surface area contributed by atoms with Gasteiger partial charge in [-0.05, 0) is 24.8 Å². The summed E-state index contributed by atoms with van der Waals surface area (Å²) in [4.78, 5) is 25.5. The van der Waals surface area contributed by atoms with Gasteiger partial charge in [-0.25, -0.2) is 4.79 Å². The van der Waals surface area contributed by atoms with Crippen molar-refractivity contribution in [3.05, 3.63) is 20.3 Å². The van der Waals surface area contributed by atoms with E-state index in [0.29, 0.717) is 25.9 Å². The molecule has 0 radical (unpaired) electrons. The van der Waals surface area contributed by atoms with Crippen LogP contribution in [-0.2, 0) is 4.79 Å². The molecule has 2 atom stereocenters. The van der Waals surface area contributed by atoms with Crippen LogP contribution < -0.4 is 0 Å². The molecule has 2 aliphatic rings. The molecular formula is C12H11Cl2NO3S2. The lowest BCUT2D eigenvalue weighted by Gasteiger charge is -2.27. The first kappa shape index (κ1) is 14.5. The van der Waals surface area contributed by atoms with Crippen LogP contribution in [0.25, 0.3) is 0 Å². The zero-order valence-corrected chi connectivity index (χ0v) is 13.4. The normalized spacial score (nSPS) is 26.0. The topological polar surface area (TPSA) is 57.6 Å². The highest BCUT2D eigenvalue weighted by atomic mass is 35.5. The number of rotatable bonds is 3. The third-order valence-corrected chi connectivity index (χ3v) is 6.42. The molecule has 2 fully saturated rings. The number of thioether (sulfide) groups is 1. The van der Waals surface area contributed by atoms with Gasteiger partial charge in [0.15, 0.2) is 0 Å². The fourth-order valence-electron chi connectivity index (χ4n) is 2.34. The van der Waals surface area contributed by atoms with E-state index in [1.165, 1.54) is 11.0 Å². The molecule has 0 aromatic carbocycles. The average molecular weight is 352 g/mol. The molecule has 1 aromatic heterocycles. The van der Waals surface area contributed by atoms with E-state index >= 15 is 0 Å². The van der Waals surface area contributed by atoms with Crippen molar-refractivity contribution >= 4 is 58.2 Å². The summed E-state index contributed by atoms with van der Waals surface area (Å²) < 4.78 is 0.746. The van der Waals surface area contributed by atoms with Gasteiger partial charge in [-0.3, -0.25) is 4.79 Å². The molecular weight excluding hydrogens is 341 g/mol. The molecule has 1 amide bonds. The van der Waals surface area contributed by atoms with Crippen molar-refractivity contribution in [2.24, 2.45) is 5.92 Å². The summed E-state index contributed by atoms with van der Waals surface area (Å²) in [5, 5.41) is 9.25. The largest absolute Gasteiger partial charge is 0.480 e. The molecule has 1 saturated heterocycles. The van der Waals surface area contributed by atoms with Gasteiger partial charge in [-0.1, -0.05) is 23.2 Å². The van der Waals surface area contributed by atoms with Gasteiger partial charge in [-0.15, -0.1) is 23.1 Å². The molecule has 20 heavy (non-hydrogen) atoms. The Labute approximate surface area is 134 Å². The lowest BCUT2D eigenvalue weighted by Crippen LogP contribution is -2.46. The number of carbonyl (C=O) groups excluding carboxylic acids is 1. The SMILES string of the molecule is O=C(O)C1CSC(C2CC2)N1C(=O)c1cc(Cl)sc1Cl. The van der Waals surface area contributed by atoms with E-state index in [2.05, 4.69) is 0 Å². The van der Waals surface area contributed by atoms with Gasteiger partial charge in [0, 0.05) is 5.75 Å². The van der Waals surface area contributed by atoms with Crippen LogP contribution >= 0.6 is 46.3 Å². The van der Waals surface area contributed by atoms with Crippen LogP contribution in [0.5, 0.6) is 0 Å². The second-order valence-corrected chi connectivity index (χ2v) is 8.30. The van der Waals surface area contributed by atoms with E-state index in [9.17, 15) is 14.7 Å². The first-order valence-electron chi connectivity index (χ1n) is 6.11. The number of nitrogens with zero attached hydrogens (tertiary/aromatic N) is 1. The first-order chi connectivity index (χ1) is 9.49. The van der Waals surface area contributed by atoms with Gasteiger partial charge >= 0.3 is 5.97 Å². The molecule has 4 nitrogen and oxygen atoms in total.